The van der Waals surface area contributed by atoms with Crippen molar-refractivity contribution in [3.05, 3.63) is 23.8 Å². The first-order chi connectivity index (χ1) is 13.6. The fourth-order valence-electron chi connectivity index (χ4n) is 4.80. The van der Waals surface area contributed by atoms with Gasteiger partial charge in [0.1, 0.15) is 0 Å². The van der Waals surface area contributed by atoms with Crippen LogP contribution in [0, 0.1) is 5.92 Å². The van der Waals surface area contributed by atoms with Gasteiger partial charge >= 0.3 is 0 Å². The molecule has 29 heavy (non-hydrogen) atoms. The first-order valence-electron chi connectivity index (χ1n) is 10.4. The largest absolute Gasteiger partial charge is 0.342 e. The number of benzene rings is 1. The van der Waals surface area contributed by atoms with Crippen molar-refractivity contribution >= 4 is 27.5 Å². The van der Waals surface area contributed by atoms with Gasteiger partial charge in [0.05, 0.1) is 10.3 Å². The highest BCUT2D eigenvalue weighted by Gasteiger charge is 2.43. The maximum Gasteiger partial charge on any atom is 0.243 e. The van der Waals surface area contributed by atoms with Gasteiger partial charge in [-0.05, 0) is 63.3 Å². The Bertz CT molecular complexity index is 943. The van der Waals surface area contributed by atoms with Crippen LogP contribution in [-0.2, 0) is 25.0 Å². The lowest BCUT2D eigenvalue weighted by molar-refractivity contribution is -0.135. The average molecular weight is 420 g/mol. The molecule has 0 atom stereocenters. The minimum atomic E-state index is -3.66. The third-order valence-corrected chi connectivity index (χ3v) is 8.60. The second-order valence-electron chi connectivity index (χ2n) is 8.88. The molecule has 3 aliphatic heterocycles. The van der Waals surface area contributed by atoms with Crippen molar-refractivity contribution in [1.82, 2.24) is 9.21 Å². The van der Waals surface area contributed by atoms with Gasteiger partial charge in [0.2, 0.25) is 21.8 Å². The molecule has 0 N–H and O–H groups in total. The zero-order chi connectivity index (χ0) is 21.0. The fourth-order valence-corrected chi connectivity index (χ4v) is 6.30. The zero-order valence-electron chi connectivity index (χ0n) is 17.3. The van der Waals surface area contributed by atoms with E-state index in [1.54, 1.807) is 30.1 Å². The van der Waals surface area contributed by atoms with Crippen molar-refractivity contribution in [3.63, 3.8) is 0 Å². The van der Waals surface area contributed by atoms with Crippen LogP contribution in [-0.4, -0.2) is 62.7 Å². The van der Waals surface area contributed by atoms with Crippen LogP contribution in [0.2, 0.25) is 0 Å². The molecule has 158 valence electrons. The standard InChI is InChI=1S/C21H29N3O4S/c1-21(2)17-14-16(6-7-18(17)22(3)20(21)26)29(27,28)24-12-8-15(9-13-24)19(25)23-10-4-5-11-23/h6-7,14-15H,4-5,8-13H2,1-3H3. The van der Waals surface area contributed by atoms with Gasteiger partial charge in [-0.1, -0.05) is 0 Å². The van der Waals surface area contributed by atoms with Crippen LogP contribution < -0.4 is 4.90 Å². The van der Waals surface area contributed by atoms with Crippen molar-refractivity contribution in [1.29, 1.82) is 0 Å². The molecule has 1 aromatic rings. The van der Waals surface area contributed by atoms with E-state index in [1.807, 2.05) is 18.7 Å². The van der Waals surface area contributed by atoms with Crippen molar-refractivity contribution in [2.45, 2.75) is 49.8 Å². The maximum atomic E-state index is 13.2. The van der Waals surface area contributed by atoms with Crippen LogP contribution in [0.3, 0.4) is 0 Å². The summed E-state index contributed by atoms with van der Waals surface area (Å²) in [6.45, 7) is 6.01. The highest BCUT2D eigenvalue weighted by atomic mass is 32.2. The number of carbonyl (C=O) groups excluding carboxylic acids is 2. The third-order valence-electron chi connectivity index (χ3n) is 6.70. The summed E-state index contributed by atoms with van der Waals surface area (Å²) in [5.41, 5.74) is 0.754. The molecule has 2 amide bonds. The smallest absolute Gasteiger partial charge is 0.243 e. The Morgan fingerprint density at radius 3 is 2.31 bits per heavy atom. The molecule has 2 saturated heterocycles. The number of hydrogen-bond donors (Lipinski definition) is 0. The number of hydrogen-bond acceptors (Lipinski definition) is 4. The number of anilines is 1. The van der Waals surface area contributed by atoms with Crippen LogP contribution in [0.1, 0.15) is 45.1 Å². The molecule has 7 nitrogen and oxygen atoms in total. The van der Waals surface area contributed by atoms with E-state index in [4.69, 9.17) is 0 Å². The van der Waals surface area contributed by atoms with E-state index in [2.05, 4.69) is 0 Å². The highest BCUT2D eigenvalue weighted by Crippen LogP contribution is 2.42. The van der Waals surface area contributed by atoms with Gasteiger partial charge in [0, 0.05) is 44.8 Å². The number of nitrogens with zero attached hydrogens (tertiary/aromatic N) is 3. The number of carbonyl (C=O) groups is 2. The molecule has 0 spiro atoms. The summed E-state index contributed by atoms with van der Waals surface area (Å²) >= 11 is 0. The Morgan fingerprint density at radius 2 is 1.69 bits per heavy atom. The van der Waals surface area contributed by atoms with Gasteiger partial charge in [-0.3, -0.25) is 9.59 Å². The number of fused-ring (bicyclic) bond motifs is 1. The predicted octanol–water partition coefficient (Wildman–Crippen LogP) is 1.96. The van der Waals surface area contributed by atoms with Crippen LogP contribution in [0.25, 0.3) is 0 Å². The van der Waals surface area contributed by atoms with E-state index >= 15 is 0 Å². The lowest BCUT2D eigenvalue weighted by atomic mass is 9.86. The number of rotatable bonds is 3. The molecule has 0 aliphatic carbocycles. The summed E-state index contributed by atoms with van der Waals surface area (Å²) in [4.78, 5) is 28.8. The topological polar surface area (TPSA) is 78.0 Å². The third kappa shape index (κ3) is 3.26. The van der Waals surface area contributed by atoms with E-state index in [1.165, 1.54) is 4.31 Å². The van der Waals surface area contributed by atoms with Crippen molar-refractivity contribution in [2.24, 2.45) is 5.92 Å². The molecule has 0 saturated carbocycles. The van der Waals surface area contributed by atoms with Gasteiger partial charge in [-0.15, -0.1) is 0 Å². The molecule has 4 rings (SSSR count). The molecule has 0 unspecified atom stereocenters. The van der Waals surface area contributed by atoms with E-state index < -0.39 is 15.4 Å². The summed E-state index contributed by atoms with van der Waals surface area (Å²) < 4.78 is 27.9. The Kier molecular flexibility index (Phi) is 4.98. The summed E-state index contributed by atoms with van der Waals surface area (Å²) in [6, 6.07) is 4.95. The maximum absolute atomic E-state index is 13.2. The summed E-state index contributed by atoms with van der Waals surface area (Å²) in [6.07, 6.45) is 3.25. The van der Waals surface area contributed by atoms with Crippen LogP contribution in [0.5, 0.6) is 0 Å². The number of likely N-dealkylation sites (N-methyl/N-ethyl adjacent to an activating group) is 1. The molecule has 0 bridgehead atoms. The molecule has 0 aromatic heterocycles. The minimum Gasteiger partial charge on any atom is -0.342 e. The lowest BCUT2D eigenvalue weighted by Gasteiger charge is -2.32. The average Bonchev–Trinajstić information content (AvgIpc) is 3.31. The SMILES string of the molecule is CN1C(=O)C(C)(C)c2cc(S(=O)(=O)N3CCC(C(=O)N4CCCC4)CC3)ccc21. The predicted molar refractivity (Wildman–Crippen MR) is 110 cm³/mol. The second kappa shape index (κ2) is 7.09. The Hall–Kier alpha value is -1.93. The molecule has 1 aromatic carbocycles. The van der Waals surface area contributed by atoms with Gasteiger partial charge < -0.3 is 9.80 Å². The van der Waals surface area contributed by atoms with Gasteiger partial charge in [0.25, 0.3) is 0 Å². The number of sulfonamides is 1. The van der Waals surface area contributed by atoms with Crippen LogP contribution in [0.15, 0.2) is 23.1 Å². The molecule has 2 fully saturated rings. The normalized spacial score (nSPS) is 22.9. The number of likely N-dealkylation sites (tertiary alicyclic amines) is 1. The molecule has 8 heteroatoms. The van der Waals surface area contributed by atoms with Crippen molar-refractivity contribution in [2.75, 3.05) is 38.1 Å². The van der Waals surface area contributed by atoms with Gasteiger partial charge in [0.15, 0.2) is 0 Å². The quantitative estimate of drug-likeness (QED) is 0.750. The molecular weight excluding hydrogens is 390 g/mol. The van der Waals surface area contributed by atoms with E-state index in [-0.39, 0.29) is 22.6 Å². The summed E-state index contributed by atoms with van der Waals surface area (Å²) in [5.74, 6) is 0.0634. The number of amides is 2. The molecule has 3 heterocycles. The Labute approximate surface area is 172 Å². The second-order valence-corrected chi connectivity index (χ2v) is 10.8. The van der Waals surface area contributed by atoms with Crippen molar-refractivity contribution < 1.29 is 18.0 Å². The van der Waals surface area contributed by atoms with Gasteiger partial charge in [-0.25, -0.2) is 8.42 Å². The molecule has 0 radical (unpaired) electrons. The van der Waals surface area contributed by atoms with Crippen molar-refractivity contribution in [3.8, 4) is 0 Å². The van der Waals surface area contributed by atoms with E-state index in [0.29, 0.717) is 25.9 Å². The Morgan fingerprint density at radius 1 is 1.07 bits per heavy atom. The number of piperidine rings is 1. The lowest BCUT2D eigenvalue weighted by Crippen LogP contribution is -2.43. The van der Waals surface area contributed by atoms with Gasteiger partial charge in [-0.2, -0.15) is 4.31 Å². The first kappa shape index (κ1) is 20.3. The van der Waals surface area contributed by atoms with Crippen LogP contribution >= 0.6 is 0 Å². The van der Waals surface area contributed by atoms with E-state index in [0.717, 1.165) is 37.2 Å². The Balaban J connectivity index is 1.51. The zero-order valence-corrected chi connectivity index (χ0v) is 18.2. The summed E-state index contributed by atoms with van der Waals surface area (Å²) in [5, 5.41) is 0. The van der Waals surface area contributed by atoms with Crippen LogP contribution in [0.4, 0.5) is 5.69 Å². The molecule has 3 aliphatic rings. The minimum absolute atomic E-state index is 0.0386. The van der Waals surface area contributed by atoms with E-state index in [9.17, 15) is 18.0 Å². The first-order valence-corrected chi connectivity index (χ1v) is 11.8. The molecular formula is C21H29N3O4S. The highest BCUT2D eigenvalue weighted by molar-refractivity contribution is 7.89. The monoisotopic (exact) mass is 419 g/mol. The fraction of sp³-hybridized carbons (Fsp3) is 0.619. The summed E-state index contributed by atoms with van der Waals surface area (Å²) in [7, 11) is -1.94.